The summed E-state index contributed by atoms with van der Waals surface area (Å²) in [4.78, 5) is 36.9. The van der Waals surface area contributed by atoms with Gasteiger partial charge in [-0.3, -0.25) is 14.4 Å². The lowest BCUT2D eigenvalue weighted by molar-refractivity contribution is -0.114. The van der Waals surface area contributed by atoms with E-state index in [2.05, 4.69) is 16.0 Å². The van der Waals surface area contributed by atoms with E-state index in [1.165, 1.54) is 13.0 Å². The maximum Gasteiger partial charge on any atom is 0.266 e. The largest absolute Gasteiger partial charge is 0.326 e. The first-order valence-corrected chi connectivity index (χ1v) is 10.4. The molecule has 160 valence electrons. The molecule has 9 heteroatoms. The van der Waals surface area contributed by atoms with Crippen molar-refractivity contribution >= 4 is 57.0 Å². The minimum absolute atomic E-state index is 0.00177. The Bertz CT molecular complexity index is 1190. The third-order valence-corrected chi connectivity index (χ3v) is 5.81. The summed E-state index contributed by atoms with van der Waals surface area (Å²) in [6, 6.07) is 10.4. The number of anilines is 3. The summed E-state index contributed by atoms with van der Waals surface area (Å²) in [6.07, 6.45) is 0. The number of aryl methyl sites for hydroxylation is 2. The molecule has 0 saturated heterocycles. The van der Waals surface area contributed by atoms with Crippen molar-refractivity contribution in [1.82, 2.24) is 0 Å². The fourth-order valence-electron chi connectivity index (χ4n) is 2.83. The van der Waals surface area contributed by atoms with Crippen LogP contribution in [0.3, 0.4) is 0 Å². The van der Waals surface area contributed by atoms with Gasteiger partial charge in [-0.25, -0.2) is 4.39 Å². The van der Waals surface area contributed by atoms with E-state index in [1.807, 2.05) is 6.92 Å². The van der Waals surface area contributed by atoms with Gasteiger partial charge in [-0.15, -0.1) is 11.3 Å². The number of amides is 3. The topological polar surface area (TPSA) is 87.3 Å². The lowest BCUT2D eigenvalue weighted by Gasteiger charge is -2.10. The molecule has 0 fully saturated rings. The van der Waals surface area contributed by atoms with Gasteiger partial charge >= 0.3 is 0 Å². The monoisotopic (exact) mass is 459 g/mol. The van der Waals surface area contributed by atoms with Crippen LogP contribution in [-0.2, 0) is 4.79 Å². The van der Waals surface area contributed by atoms with Crippen LogP contribution in [0.15, 0.2) is 42.5 Å². The summed E-state index contributed by atoms with van der Waals surface area (Å²) in [5, 5.41) is 8.65. The Morgan fingerprint density at radius 3 is 2.32 bits per heavy atom. The molecular weight excluding hydrogens is 441 g/mol. The minimum atomic E-state index is -0.537. The molecule has 2 aromatic carbocycles. The summed E-state index contributed by atoms with van der Waals surface area (Å²) in [6.45, 7) is 5.01. The van der Waals surface area contributed by atoms with Crippen molar-refractivity contribution < 1.29 is 18.8 Å². The van der Waals surface area contributed by atoms with E-state index in [-0.39, 0.29) is 22.4 Å². The van der Waals surface area contributed by atoms with Crippen LogP contribution >= 0.6 is 22.9 Å². The first-order valence-electron chi connectivity index (χ1n) is 9.20. The van der Waals surface area contributed by atoms with Gasteiger partial charge in [0.25, 0.3) is 11.8 Å². The number of halogens is 2. The van der Waals surface area contributed by atoms with Crippen molar-refractivity contribution in [3.63, 3.8) is 0 Å². The molecule has 0 bridgehead atoms. The predicted molar refractivity (Wildman–Crippen MR) is 122 cm³/mol. The quantitative estimate of drug-likeness (QED) is 0.462. The summed E-state index contributed by atoms with van der Waals surface area (Å²) < 4.78 is 13.2. The maximum absolute atomic E-state index is 13.2. The van der Waals surface area contributed by atoms with Gasteiger partial charge in [-0.05, 0) is 61.4 Å². The van der Waals surface area contributed by atoms with E-state index in [1.54, 1.807) is 31.2 Å². The second-order valence-electron chi connectivity index (χ2n) is 6.87. The van der Waals surface area contributed by atoms with Crippen molar-refractivity contribution in [2.45, 2.75) is 20.8 Å². The second-order valence-corrected chi connectivity index (χ2v) is 8.33. The van der Waals surface area contributed by atoms with Crippen LogP contribution in [0.25, 0.3) is 0 Å². The molecular formula is C22H19ClFN3O3S. The Balaban J connectivity index is 1.75. The molecule has 0 saturated carbocycles. The highest BCUT2D eigenvalue weighted by atomic mass is 35.5. The number of carbonyl (C=O) groups excluding carboxylic acids is 3. The van der Waals surface area contributed by atoms with Gasteiger partial charge in [0, 0.05) is 18.3 Å². The SMILES string of the molecule is CC(=O)Nc1cc(NC(=O)c2sc(NC(=O)c3ccc(F)cc3Cl)cc2C)ccc1C. The first kappa shape index (κ1) is 22.5. The second kappa shape index (κ2) is 9.28. The van der Waals surface area contributed by atoms with Gasteiger partial charge in [-0.2, -0.15) is 0 Å². The number of hydrogen-bond acceptors (Lipinski definition) is 4. The van der Waals surface area contributed by atoms with Crippen LogP contribution in [0.2, 0.25) is 5.02 Å². The van der Waals surface area contributed by atoms with Crippen LogP contribution in [-0.4, -0.2) is 17.7 Å². The van der Waals surface area contributed by atoms with E-state index >= 15 is 0 Å². The summed E-state index contributed by atoms with van der Waals surface area (Å²) >= 11 is 7.04. The lowest BCUT2D eigenvalue weighted by Crippen LogP contribution is -2.13. The maximum atomic E-state index is 13.2. The highest BCUT2D eigenvalue weighted by molar-refractivity contribution is 7.18. The van der Waals surface area contributed by atoms with E-state index in [0.717, 1.165) is 29.0 Å². The van der Waals surface area contributed by atoms with Crippen LogP contribution in [0.1, 0.15) is 38.1 Å². The molecule has 0 unspecified atom stereocenters. The predicted octanol–water partition coefficient (Wildman–Crippen LogP) is 5.62. The zero-order chi connectivity index (χ0) is 22.7. The van der Waals surface area contributed by atoms with Crippen LogP contribution in [0.5, 0.6) is 0 Å². The molecule has 3 N–H and O–H groups in total. The smallest absolute Gasteiger partial charge is 0.266 e. The van der Waals surface area contributed by atoms with E-state index in [0.29, 0.717) is 26.8 Å². The zero-order valence-corrected chi connectivity index (χ0v) is 18.5. The number of nitrogens with one attached hydrogen (secondary N) is 3. The Labute approximate surface area is 187 Å². The van der Waals surface area contributed by atoms with Crippen molar-refractivity contribution in [3.8, 4) is 0 Å². The molecule has 1 aromatic heterocycles. The van der Waals surface area contributed by atoms with E-state index in [4.69, 9.17) is 11.6 Å². The van der Waals surface area contributed by atoms with Crippen LogP contribution < -0.4 is 16.0 Å². The first-order chi connectivity index (χ1) is 14.6. The minimum Gasteiger partial charge on any atom is -0.326 e. The third kappa shape index (κ3) is 5.48. The third-order valence-electron chi connectivity index (χ3n) is 4.34. The molecule has 0 spiro atoms. The number of benzene rings is 2. The summed E-state index contributed by atoms with van der Waals surface area (Å²) in [5.41, 5.74) is 2.81. The molecule has 0 aliphatic rings. The van der Waals surface area contributed by atoms with E-state index < -0.39 is 11.7 Å². The molecule has 6 nitrogen and oxygen atoms in total. The Hall–Kier alpha value is -3.23. The molecule has 3 amide bonds. The van der Waals surface area contributed by atoms with Crippen LogP contribution in [0, 0.1) is 19.7 Å². The normalized spacial score (nSPS) is 10.5. The van der Waals surface area contributed by atoms with Gasteiger partial charge in [0.15, 0.2) is 0 Å². The molecule has 1 heterocycles. The molecule has 0 atom stereocenters. The molecule has 3 rings (SSSR count). The fraction of sp³-hybridized carbons (Fsp3) is 0.136. The average Bonchev–Trinajstić information content (AvgIpc) is 3.04. The average molecular weight is 460 g/mol. The molecule has 0 radical (unpaired) electrons. The number of thiophene rings is 1. The Morgan fingerprint density at radius 2 is 1.65 bits per heavy atom. The fourth-order valence-corrected chi connectivity index (χ4v) is 4.05. The van der Waals surface area contributed by atoms with Crippen molar-refractivity contribution in [3.05, 3.63) is 74.9 Å². The van der Waals surface area contributed by atoms with Crippen molar-refractivity contribution in [2.75, 3.05) is 16.0 Å². The van der Waals surface area contributed by atoms with Gasteiger partial charge in [0.05, 0.1) is 20.5 Å². The van der Waals surface area contributed by atoms with Crippen molar-refractivity contribution in [2.24, 2.45) is 0 Å². The number of carbonyl (C=O) groups is 3. The van der Waals surface area contributed by atoms with Gasteiger partial charge in [-0.1, -0.05) is 17.7 Å². The molecule has 0 aliphatic carbocycles. The van der Waals surface area contributed by atoms with Gasteiger partial charge < -0.3 is 16.0 Å². The Morgan fingerprint density at radius 1 is 0.903 bits per heavy atom. The molecule has 0 aliphatic heterocycles. The summed E-state index contributed by atoms with van der Waals surface area (Å²) in [7, 11) is 0. The van der Waals surface area contributed by atoms with E-state index in [9.17, 15) is 18.8 Å². The number of hydrogen-bond donors (Lipinski definition) is 3. The number of rotatable bonds is 5. The van der Waals surface area contributed by atoms with Gasteiger partial charge in [0.2, 0.25) is 5.91 Å². The molecule has 3 aromatic rings. The lowest BCUT2D eigenvalue weighted by atomic mass is 10.1. The van der Waals surface area contributed by atoms with Crippen molar-refractivity contribution in [1.29, 1.82) is 0 Å². The zero-order valence-electron chi connectivity index (χ0n) is 16.9. The highest BCUT2D eigenvalue weighted by Crippen LogP contribution is 2.29. The van der Waals surface area contributed by atoms with Gasteiger partial charge in [0.1, 0.15) is 5.82 Å². The molecule has 31 heavy (non-hydrogen) atoms. The van der Waals surface area contributed by atoms with Crippen LogP contribution in [0.4, 0.5) is 20.8 Å². The standard InChI is InChI=1S/C22H19ClFN3O3S/c1-11-4-6-15(10-18(11)25-13(3)28)26-22(30)20-12(2)8-19(31-20)27-21(29)16-7-5-14(24)9-17(16)23/h4-10H,1-3H3,(H,25,28)(H,26,30)(H,27,29). The highest BCUT2D eigenvalue weighted by Gasteiger charge is 2.17. The summed E-state index contributed by atoms with van der Waals surface area (Å²) in [5.74, 6) is -1.59. The Kier molecular flexibility index (Phi) is 6.72.